The third-order valence-corrected chi connectivity index (χ3v) is 4.45. The number of carbonyl (C=O) groups is 1. The zero-order chi connectivity index (χ0) is 16.4. The van der Waals surface area contributed by atoms with Crippen molar-refractivity contribution in [2.45, 2.75) is 70.6 Å². The van der Waals surface area contributed by atoms with Gasteiger partial charge < -0.3 is 4.74 Å². The summed E-state index contributed by atoms with van der Waals surface area (Å²) in [6.45, 7) is 5.77. The lowest BCUT2D eigenvalue weighted by Crippen LogP contribution is -2.53. The maximum atomic E-state index is 12.6. The molecule has 0 saturated carbocycles. The summed E-state index contributed by atoms with van der Waals surface area (Å²) in [7, 11) is 0. The Morgan fingerprint density at radius 1 is 1.35 bits per heavy atom. The maximum Gasteiger partial charge on any atom is 0.411 e. The van der Waals surface area contributed by atoms with Gasteiger partial charge in [0.25, 0.3) is 0 Å². The zero-order valence-corrected chi connectivity index (χ0v) is 14.3. The van der Waals surface area contributed by atoms with Crippen LogP contribution in [0.2, 0.25) is 0 Å². The minimum absolute atomic E-state index is 0.166. The molecule has 1 aromatic rings. The molecule has 4 heteroatoms. The summed E-state index contributed by atoms with van der Waals surface area (Å²) in [5, 5.41) is 0. The number of piperidine rings is 1. The molecule has 124 valence electrons. The van der Waals surface area contributed by atoms with Gasteiger partial charge >= 0.3 is 6.09 Å². The van der Waals surface area contributed by atoms with Crippen molar-refractivity contribution >= 4 is 6.09 Å². The Kier molecular flexibility index (Phi) is 4.42. The third kappa shape index (κ3) is 3.92. The molecule has 3 heterocycles. The highest BCUT2D eigenvalue weighted by Gasteiger charge is 2.39. The summed E-state index contributed by atoms with van der Waals surface area (Å²) in [6, 6.07) is 6.48. The second-order valence-electron chi connectivity index (χ2n) is 7.57. The number of carbonyl (C=O) groups excluding carboxylic acids is 1. The highest BCUT2D eigenvalue weighted by Crippen LogP contribution is 2.35. The zero-order valence-electron chi connectivity index (χ0n) is 14.3. The largest absolute Gasteiger partial charge is 0.444 e. The highest BCUT2D eigenvalue weighted by molar-refractivity contribution is 5.70. The second kappa shape index (κ2) is 6.34. The molecular weight excluding hydrogens is 288 g/mol. The number of aromatic nitrogens is 1. The van der Waals surface area contributed by atoms with Crippen molar-refractivity contribution in [1.82, 2.24) is 9.88 Å². The third-order valence-electron chi connectivity index (χ3n) is 4.45. The van der Waals surface area contributed by atoms with Crippen molar-refractivity contribution in [3.05, 3.63) is 41.7 Å². The molecule has 1 saturated heterocycles. The van der Waals surface area contributed by atoms with Gasteiger partial charge in [-0.3, -0.25) is 9.88 Å². The van der Waals surface area contributed by atoms with E-state index in [1.807, 2.05) is 44.0 Å². The van der Waals surface area contributed by atoms with Crippen LogP contribution in [0.1, 0.15) is 52.1 Å². The summed E-state index contributed by atoms with van der Waals surface area (Å²) in [5.74, 6) is 0. The molecule has 3 rings (SSSR count). The molecule has 2 unspecified atom stereocenters. The van der Waals surface area contributed by atoms with E-state index < -0.39 is 5.60 Å². The number of rotatable bonds is 2. The minimum Gasteiger partial charge on any atom is -0.444 e. The highest BCUT2D eigenvalue weighted by atomic mass is 16.6. The summed E-state index contributed by atoms with van der Waals surface area (Å²) in [6.07, 6.45) is 9.04. The first kappa shape index (κ1) is 16.0. The molecule has 0 aromatic carbocycles. The molecule has 2 bridgehead atoms. The van der Waals surface area contributed by atoms with Gasteiger partial charge in [0, 0.05) is 24.4 Å². The van der Waals surface area contributed by atoms with Gasteiger partial charge in [0.05, 0.1) is 6.04 Å². The Morgan fingerprint density at radius 3 is 2.83 bits per heavy atom. The number of fused-ring (bicyclic) bond motifs is 2. The number of amides is 1. The van der Waals surface area contributed by atoms with Crippen LogP contribution in [0, 0.1) is 0 Å². The molecule has 1 fully saturated rings. The summed E-state index contributed by atoms with van der Waals surface area (Å²) >= 11 is 0. The van der Waals surface area contributed by atoms with Gasteiger partial charge in [0.2, 0.25) is 0 Å². The van der Waals surface area contributed by atoms with E-state index in [2.05, 4.69) is 17.1 Å². The van der Waals surface area contributed by atoms with E-state index in [1.165, 1.54) is 12.0 Å². The van der Waals surface area contributed by atoms with Crippen molar-refractivity contribution in [2.75, 3.05) is 0 Å². The smallest absolute Gasteiger partial charge is 0.411 e. The molecule has 0 radical (unpaired) electrons. The molecule has 2 atom stereocenters. The van der Waals surface area contributed by atoms with Crippen LogP contribution in [0.3, 0.4) is 0 Å². The monoisotopic (exact) mass is 314 g/mol. The van der Waals surface area contributed by atoms with Gasteiger partial charge in [-0.15, -0.1) is 0 Å². The number of nitrogens with zero attached hydrogens (tertiary/aromatic N) is 2. The fraction of sp³-hybridized carbons (Fsp3) is 0.579. The van der Waals surface area contributed by atoms with Crippen molar-refractivity contribution in [1.29, 1.82) is 0 Å². The first-order valence-corrected chi connectivity index (χ1v) is 8.53. The molecule has 2 aliphatic rings. The predicted octanol–water partition coefficient (Wildman–Crippen LogP) is 4.11. The van der Waals surface area contributed by atoms with Crippen LogP contribution < -0.4 is 0 Å². The normalized spacial score (nSPS) is 24.1. The van der Waals surface area contributed by atoms with Crippen LogP contribution in [-0.2, 0) is 11.2 Å². The number of hydrogen-bond donors (Lipinski definition) is 0. The summed E-state index contributed by atoms with van der Waals surface area (Å²) in [5.41, 5.74) is 2.06. The lowest BCUT2D eigenvalue weighted by molar-refractivity contribution is -0.00150. The average Bonchev–Trinajstić information content (AvgIpc) is 2.45. The van der Waals surface area contributed by atoms with Gasteiger partial charge in [-0.25, -0.2) is 4.79 Å². The molecule has 0 N–H and O–H groups in total. The van der Waals surface area contributed by atoms with Crippen LogP contribution in [0.15, 0.2) is 36.0 Å². The molecule has 23 heavy (non-hydrogen) atoms. The first-order chi connectivity index (χ1) is 10.9. The standard InChI is InChI=1S/C19H26N2O2/c1-19(2,3)23-18(22)21-16-8-6-9-17(21)13-14(12-16)11-15-7-4-5-10-20-15/h4-5,7,10,12,16-17H,6,8-9,11,13H2,1-3H3. The SMILES string of the molecule is CC(C)(C)OC(=O)N1C2C=C(Cc3ccccn3)CC1CCC2. The van der Waals surface area contributed by atoms with Gasteiger partial charge in [-0.05, 0) is 58.6 Å². The fourth-order valence-electron chi connectivity index (χ4n) is 3.58. The molecule has 4 nitrogen and oxygen atoms in total. The Hall–Kier alpha value is -1.84. The van der Waals surface area contributed by atoms with Crippen LogP contribution >= 0.6 is 0 Å². The lowest BCUT2D eigenvalue weighted by Gasteiger charge is -2.45. The van der Waals surface area contributed by atoms with Crippen LogP contribution in [0.5, 0.6) is 0 Å². The molecule has 2 aliphatic heterocycles. The topological polar surface area (TPSA) is 42.4 Å². The van der Waals surface area contributed by atoms with Crippen molar-refractivity contribution in [2.24, 2.45) is 0 Å². The maximum absolute atomic E-state index is 12.6. The molecule has 1 aromatic heterocycles. The van der Waals surface area contributed by atoms with E-state index in [4.69, 9.17) is 4.74 Å². The van der Waals surface area contributed by atoms with Gasteiger partial charge in [0.1, 0.15) is 5.60 Å². The molecule has 1 amide bonds. The molecular formula is C19H26N2O2. The molecule has 0 aliphatic carbocycles. The van der Waals surface area contributed by atoms with E-state index in [0.29, 0.717) is 0 Å². The van der Waals surface area contributed by atoms with Gasteiger partial charge in [-0.2, -0.15) is 0 Å². The Labute approximate surface area is 138 Å². The summed E-state index contributed by atoms with van der Waals surface area (Å²) < 4.78 is 5.61. The second-order valence-corrected chi connectivity index (χ2v) is 7.57. The van der Waals surface area contributed by atoms with E-state index in [9.17, 15) is 4.79 Å². The van der Waals surface area contributed by atoms with Gasteiger partial charge in [-0.1, -0.05) is 17.7 Å². The van der Waals surface area contributed by atoms with Gasteiger partial charge in [0.15, 0.2) is 0 Å². The predicted molar refractivity (Wildman–Crippen MR) is 90.1 cm³/mol. The molecule has 0 spiro atoms. The van der Waals surface area contributed by atoms with Crippen LogP contribution in [0.4, 0.5) is 4.79 Å². The summed E-state index contributed by atoms with van der Waals surface area (Å²) in [4.78, 5) is 18.9. The number of pyridine rings is 1. The van der Waals surface area contributed by atoms with Crippen LogP contribution in [-0.4, -0.2) is 33.7 Å². The minimum atomic E-state index is -0.441. The van der Waals surface area contributed by atoms with E-state index >= 15 is 0 Å². The Bertz CT molecular complexity index is 589. The van der Waals surface area contributed by atoms with Crippen LogP contribution in [0.25, 0.3) is 0 Å². The Balaban J connectivity index is 1.75. The first-order valence-electron chi connectivity index (χ1n) is 8.53. The lowest BCUT2D eigenvalue weighted by atomic mass is 9.84. The van der Waals surface area contributed by atoms with Crippen molar-refractivity contribution in [3.63, 3.8) is 0 Å². The number of ether oxygens (including phenoxy) is 1. The van der Waals surface area contributed by atoms with Crippen molar-refractivity contribution in [3.8, 4) is 0 Å². The fourth-order valence-corrected chi connectivity index (χ4v) is 3.58. The van der Waals surface area contributed by atoms with E-state index in [-0.39, 0.29) is 18.2 Å². The van der Waals surface area contributed by atoms with E-state index in [1.54, 1.807) is 0 Å². The quantitative estimate of drug-likeness (QED) is 0.771. The average molecular weight is 314 g/mol. The number of hydrogen-bond acceptors (Lipinski definition) is 3. The van der Waals surface area contributed by atoms with E-state index in [0.717, 1.165) is 31.4 Å². The van der Waals surface area contributed by atoms with Crippen molar-refractivity contribution < 1.29 is 9.53 Å². The Morgan fingerprint density at radius 2 is 2.17 bits per heavy atom.